The summed E-state index contributed by atoms with van der Waals surface area (Å²) >= 11 is 0. The Morgan fingerprint density at radius 2 is 1.97 bits per heavy atom. The van der Waals surface area contributed by atoms with E-state index < -0.39 is 9.84 Å². The van der Waals surface area contributed by atoms with Gasteiger partial charge in [-0.3, -0.25) is 4.90 Å². The molecule has 3 fully saturated rings. The lowest BCUT2D eigenvalue weighted by atomic mass is 10.1. The summed E-state index contributed by atoms with van der Waals surface area (Å²) in [7, 11) is -1.68. The van der Waals surface area contributed by atoms with Gasteiger partial charge in [-0.2, -0.15) is 0 Å². The van der Waals surface area contributed by atoms with Gasteiger partial charge < -0.3 is 18.8 Å². The van der Waals surface area contributed by atoms with Gasteiger partial charge in [0, 0.05) is 33.4 Å². The van der Waals surface area contributed by atoms with Crippen molar-refractivity contribution >= 4 is 9.84 Å². The van der Waals surface area contributed by atoms with E-state index in [9.17, 15) is 8.42 Å². The number of ether oxygens (including phenoxy) is 3. The zero-order chi connectivity index (χ0) is 21.0. The molecule has 0 N–H and O–H groups in total. The van der Waals surface area contributed by atoms with E-state index in [4.69, 9.17) is 14.2 Å². The van der Waals surface area contributed by atoms with Gasteiger partial charge in [-0.25, -0.2) is 13.4 Å². The third-order valence-electron chi connectivity index (χ3n) is 6.30. The Labute approximate surface area is 179 Å². The molecule has 1 aromatic heterocycles. The Hall–Kier alpha value is -1.00. The van der Waals surface area contributed by atoms with Crippen molar-refractivity contribution in [3.8, 4) is 0 Å². The average Bonchev–Trinajstić information content (AvgIpc) is 3.21. The second-order valence-electron chi connectivity index (χ2n) is 8.84. The molecule has 9 heteroatoms. The summed E-state index contributed by atoms with van der Waals surface area (Å²) in [4.78, 5) is 6.77. The second kappa shape index (κ2) is 10.1. The van der Waals surface area contributed by atoms with Crippen LogP contribution in [-0.4, -0.2) is 80.8 Å². The molecular weight excluding hydrogens is 406 g/mol. The van der Waals surface area contributed by atoms with Crippen LogP contribution in [0.4, 0.5) is 0 Å². The summed E-state index contributed by atoms with van der Waals surface area (Å²) in [5, 5.41) is 0.234. The first-order valence-electron chi connectivity index (χ1n) is 11.3. The van der Waals surface area contributed by atoms with Gasteiger partial charge in [0.25, 0.3) is 0 Å². The molecule has 170 valence electrons. The molecule has 0 radical (unpaired) electrons. The minimum atomic E-state index is -3.37. The maximum atomic E-state index is 13.0. The van der Waals surface area contributed by atoms with Crippen molar-refractivity contribution in [1.82, 2.24) is 14.5 Å². The van der Waals surface area contributed by atoms with Crippen molar-refractivity contribution < 1.29 is 22.6 Å². The molecule has 4 rings (SSSR count). The zero-order valence-corrected chi connectivity index (χ0v) is 18.8. The third kappa shape index (κ3) is 5.82. The summed E-state index contributed by atoms with van der Waals surface area (Å²) in [5.74, 6) is 0.530. The molecule has 1 saturated carbocycles. The van der Waals surface area contributed by atoms with Crippen LogP contribution in [0.25, 0.3) is 0 Å². The van der Waals surface area contributed by atoms with E-state index in [1.54, 1.807) is 13.3 Å². The lowest BCUT2D eigenvalue weighted by Crippen LogP contribution is -2.37. The molecule has 1 aromatic rings. The fourth-order valence-corrected chi connectivity index (χ4v) is 6.23. The maximum absolute atomic E-state index is 13.0. The van der Waals surface area contributed by atoms with Gasteiger partial charge >= 0.3 is 0 Å². The fraction of sp³-hybridized carbons (Fsp3) is 0.857. The highest BCUT2D eigenvalue weighted by Gasteiger charge is 2.33. The average molecular weight is 442 g/mol. The first-order chi connectivity index (χ1) is 14.5. The van der Waals surface area contributed by atoms with Crippen molar-refractivity contribution in [3.05, 3.63) is 11.9 Å². The summed E-state index contributed by atoms with van der Waals surface area (Å²) < 4.78 is 44.6. The topological polar surface area (TPSA) is 82.9 Å². The normalized spacial score (nSPS) is 24.0. The number of rotatable bonds is 11. The lowest BCUT2D eigenvalue weighted by Gasteiger charge is -2.32. The van der Waals surface area contributed by atoms with E-state index in [-0.39, 0.29) is 23.1 Å². The second-order valence-corrected chi connectivity index (χ2v) is 10.8. The minimum Gasteiger partial charge on any atom is -0.382 e. The van der Waals surface area contributed by atoms with E-state index in [0.29, 0.717) is 32.2 Å². The SMILES string of the molecule is COCCOC1CCN(Cc2cnc(S(=O)(=O)CC3CC3)n2C[C@@H]2CCCO2)CC1. The molecule has 8 nitrogen and oxygen atoms in total. The van der Waals surface area contributed by atoms with E-state index in [1.165, 1.54) is 0 Å². The van der Waals surface area contributed by atoms with Crippen molar-refractivity contribution in [3.63, 3.8) is 0 Å². The van der Waals surface area contributed by atoms with E-state index in [1.807, 2.05) is 4.57 Å². The first-order valence-corrected chi connectivity index (χ1v) is 12.9. The predicted molar refractivity (Wildman–Crippen MR) is 112 cm³/mol. The molecule has 0 spiro atoms. The molecule has 0 aromatic carbocycles. The quantitative estimate of drug-likeness (QED) is 0.485. The Balaban J connectivity index is 1.42. The molecule has 0 unspecified atom stereocenters. The summed E-state index contributed by atoms with van der Waals surface area (Å²) in [5.41, 5.74) is 0.971. The molecule has 0 bridgehead atoms. The monoisotopic (exact) mass is 441 g/mol. The van der Waals surface area contributed by atoms with Gasteiger partial charge in [0.2, 0.25) is 15.0 Å². The standard InChI is InChI=1S/C21H35N3O5S/c1-27-11-12-29-19-6-8-23(9-7-19)14-18-13-22-21(30(25,26)16-17-4-5-17)24(18)15-20-3-2-10-28-20/h13,17,19-20H,2-12,14-16H2,1H3/t20-/m0/s1. The van der Waals surface area contributed by atoms with E-state index in [0.717, 1.165) is 63.9 Å². The van der Waals surface area contributed by atoms with Crippen LogP contribution in [0.1, 0.15) is 44.2 Å². The van der Waals surface area contributed by atoms with Gasteiger partial charge in [0.15, 0.2) is 0 Å². The number of hydrogen-bond acceptors (Lipinski definition) is 7. The van der Waals surface area contributed by atoms with Crippen molar-refractivity contribution in [2.45, 2.75) is 69.0 Å². The molecule has 3 heterocycles. The number of aromatic nitrogens is 2. The molecule has 0 amide bonds. The van der Waals surface area contributed by atoms with Gasteiger partial charge in [-0.15, -0.1) is 0 Å². The smallest absolute Gasteiger partial charge is 0.227 e. The number of likely N-dealkylation sites (tertiary alicyclic amines) is 1. The van der Waals surface area contributed by atoms with Gasteiger partial charge in [0.05, 0.1) is 49.6 Å². The predicted octanol–water partition coefficient (Wildman–Crippen LogP) is 1.87. The number of piperidine rings is 1. The van der Waals surface area contributed by atoms with E-state index in [2.05, 4.69) is 9.88 Å². The zero-order valence-electron chi connectivity index (χ0n) is 18.0. The fourth-order valence-electron chi connectivity index (χ4n) is 4.38. The summed E-state index contributed by atoms with van der Waals surface area (Å²) in [6.07, 6.45) is 8.12. The molecule has 30 heavy (non-hydrogen) atoms. The number of hydrogen-bond donors (Lipinski definition) is 0. The molecule has 1 aliphatic carbocycles. The van der Waals surface area contributed by atoms with Gasteiger partial charge in [-0.05, 0) is 44.4 Å². The van der Waals surface area contributed by atoms with Crippen molar-refractivity contribution in [2.75, 3.05) is 45.8 Å². The first kappa shape index (κ1) is 22.2. The maximum Gasteiger partial charge on any atom is 0.227 e. The largest absolute Gasteiger partial charge is 0.382 e. The molecule has 2 saturated heterocycles. The highest BCUT2D eigenvalue weighted by Crippen LogP contribution is 2.32. The van der Waals surface area contributed by atoms with Crippen molar-refractivity contribution in [2.24, 2.45) is 5.92 Å². The Morgan fingerprint density at radius 3 is 2.63 bits per heavy atom. The van der Waals surface area contributed by atoms with Crippen LogP contribution in [0, 0.1) is 5.92 Å². The van der Waals surface area contributed by atoms with Crippen LogP contribution in [0.2, 0.25) is 0 Å². The Kier molecular flexibility index (Phi) is 7.46. The van der Waals surface area contributed by atoms with Crippen LogP contribution >= 0.6 is 0 Å². The number of imidazole rings is 1. The molecule has 3 aliphatic rings. The van der Waals surface area contributed by atoms with Gasteiger partial charge in [0.1, 0.15) is 0 Å². The summed E-state index contributed by atoms with van der Waals surface area (Å²) in [6.45, 7) is 5.18. The summed E-state index contributed by atoms with van der Waals surface area (Å²) in [6, 6.07) is 0. The number of nitrogens with zero attached hydrogens (tertiary/aromatic N) is 3. The van der Waals surface area contributed by atoms with Crippen LogP contribution in [0.5, 0.6) is 0 Å². The highest BCUT2D eigenvalue weighted by molar-refractivity contribution is 7.91. The molecule has 2 aliphatic heterocycles. The Bertz CT molecular complexity index is 779. The number of methoxy groups -OCH3 is 1. The highest BCUT2D eigenvalue weighted by atomic mass is 32.2. The third-order valence-corrected chi connectivity index (χ3v) is 8.10. The number of sulfone groups is 1. The van der Waals surface area contributed by atoms with Crippen molar-refractivity contribution in [1.29, 1.82) is 0 Å². The molecule has 1 atom stereocenters. The van der Waals surface area contributed by atoms with Crippen LogP contribution in [0.15, 0.2) is 11.4 Å². The van der Waals surface area contributed by atoms with Gasteiger partial charge in [-0.1, -0.05) is 0 Å². The van der Waals surface area contributed by atoms with E-state index >= 15 is 0 Å². The minimum absolute atomic E-state index is 0.0766. The van der Waals surface area contributed by atoms with Crippen LogP contribution in [-0.2, 0) is 37.1 Å². The lowest BCUT2D eigenvalue weighted by molar-refractivity contribution is -0.0162. The van der Waals surface area contributed by atoms with Crippen LogP contribution in [0.3, 0.4) is 0 Å². The van der Waals surface area contributed by atoms with Crippen LogP contribution < -0.4 is 0 Å². The molecular formula is C21H35N3O5S. The Morgan fingerprint density at radius 1 is 1.17 bits per heavy atom.